The number of hydrogen-bond donors (Lipinski definition) is 2. The highest BCUT2D eigenvalue weighted by Crippen LogP contribution is 2.33. The van der Waals surface area contributed by atoms with Gasteiger partial charge in [-0.1, -0.05) is 47.5 Å². The van der Waals surface area contributed by atoms with Crippen molar-refractivity contribution in [2.75, 3.05) is 11.9 Å². The van der Waals surface area contributed by atoms with Gasteiger partial charge in [0.1, 0.15) is 17.4 Å². The number of carbonyl (C=O) groups is 1. The van der Waals surface area contributed by atoms with Gasteiger partial charge < -0.3 is 10.1 Å². The third-order valence-electron chi connectivity index (χ3n) is 4.19. The number of benzene rings is 2. The van der Waals surface area contributed by atoms with Gasteiger partial charge in [0.05, 0.1) is 15.6 Å². The third-order valence-corrected chi connectivity index (χ3v) is 6.06. The van der Waals surface area contributed by atoms with Crippen LogP contribution in [0, 0.1) is 0 Å². The molecule has 4 rings (SSSR count). The van der Waals surface area contributed by atoms with Gasteiger partial charge in [-0.25, -0.2) is 13.4 Å². The molecule has 0 radical (unpaired) electrons. The van der Waals surface area contributed by atoms with E-state index in [-0.39, 0.29) is 28.2 Å². The van der Waals surface area contributed by atoms with Crippen LogP contribution in [0.4, 0.5) is 5.69 Å². The van der Waals surface area contributed by atoms with Gasteiger partial charge in [0.25, 0.3) is 10.0 Å². The molecule has 0 spiro atoms. The first kappa shape index (κ1) is 21.1. The molecule has 0 bridgehead atoms. The van der Waals surface area contributed by atoms with Crippen LogP contribution in [0.15, 0.2) is 70.7 Å². The summed E-state index contributed by atoms with van der Waals surface area (Å²) >= 11 is 11.9. The predicted octanol–water partition coefficient (Wildman–Crippen LogP) is 3.86. The maximum atomic E-state index is 12.4. The van der Waals surface area contributed by atoms with E-state index < -0.39 is 15.9 Å². The van der Waals surface area contributed by atoms with Crippen LogP contribution in [0.3, 0.4) is 0 Å². The zero-order valence-electron chi connectivity index (χ0n) is 15.7. The number of halogens is 2. The van der Waals surface area contributed by atoms with Gasteiger partial charge in [0.2, 0.25) is 11.8 Å². The average Bonchev–Trinajstić information content (AvgIpc) is 3.00. The average molecular weight is 477 g/mol. The maximum Gasteiger partial charge on any atom is 0.263 e. The lowest BCUT2D eigenvalue weighted by Crippen LogP contribution is -2.24. The van der Waals surface area contributed by atoms with Gasteiger partial charge in [-0.2, -0.15) is 0 Å². The number of rotatable bonds is 5. The van der Waals surface area contributed by atoms with E-state index in [4.69, 9.17) is 27.9 Å². The van der Waals surface area contributed by atoms with E-state index in [9.17, 15) is 13.2 Å². The van der Waals surface area contributed by atoms with Gasteiger partial charge >= 0.3 is 0 Å². The number of carbonyl (C=O) groups excluding carboxylic acids is 1. The minimum absolute atomic E-state index is 0.118. The van der Waals surface area contributed by atoms with Crippen molar-refractivity contribution in [1.82, 2.24) is 9.71 Å². The summed E-state index contributed by atoms with van der Waals surface area (Å²) in [5.41, 5.74) is 0.787. The molecule has 0 saturated carbocycles. The summed E-state index contributed by atoms with van der Waals surface area (Å²) in [4.78, 5) is 20.7. The molecule has 1 aromatic heterocycles. The molecule has 8 nitrogen and oxygen atoms in total. The first-order chi connectivity index (χ1) is 14.8. The Kier molecular flexibility index (Phi) is 5.81. The summed E-state index contributed by atoms with van der Waals surface area (Å²) in [6.45, 7) is -0.305. The molecular weight excluding hydrogens is 463 g/mol. The van der Waals surface area contributed by atoms with Gasteiger partial charge in [-0.05, 0) is 30.3 Å². The lowest BCUT2D eigenvalue weighted by molar-refractivity contribution is -0.114. The normalized spacial score (nSPS) is 15.2. The second-order valence-corrected chi connectivity index (χ2v) is 8.85. The van der Waals surface area contributed by atoms with E-state index in [2.05, 4.69) is 20.0 Å². The van der Waals surface area contributed by atoms with Gasteiger partial charge in [0.15, 0.2) is 5.75 Å². The van der Waals surface area contributed by atoms with Gasteiger partial charge in [0, 0.05) is 11.8 Å². The van der Waals surface area contributed by atoms with Crippen LogP contribution in [0.5, 0.6) is 11.6 Å². The van der Waals surface area contributed by atoms with Crippen LogP contribution in [-0.4, -0.2) is 31.7 Å². The number of ether oxygens (including phenoxy) is 1. The molecule has 0 atom stereocenters. The van der Waals surface area contributed by atoms with Crippen LogP contribution in [0.2, 0.25) is 10.0 Å². The summed E-state index contributed by atoms with van der Waals surface area (Å²) < 4.78 is 32.3. The number of nitrogens with one attached hydrogen (secondary N) is 2. The fraction of sp³-hybridized carbons (Fsp3) is 0.0500. The summed E-state index contributed by atoms with van der Waals surface area (Å²) in [6.07, 6.45) is 1.39. The number of hydrogen-bond acceptors (Lipinski definition) is 6. The second kappa shape index (κ2) is 8.54. The van der Waals surface area contributed by atoms with Crippen molar-refractivity contribution in [3.63, 3.8) is 0 Å². The number of sulfonamides is 1. The number of nitrogens with zero attached hydrogens (tertiary/aromatic N) is 2. The fourth-order valence-electron chi connectivity index (χ4n) is 2.83. The highest BCUT2D eigenvalue weighted by Gasteiger charge is 2.30. The van der Waals surface area contributed by atoms with Crippen molar-refractivity contribution in [2.45, 2.75) is 4.90 Å². The molecule has 0 fully saturated rings. The number of amidine groups is 1. The monoisotopic (exact) mass is 476 g/mol. The maximum absolute atomic E-state index is 12.4. The quantitative estimate of drug-likeness (QED) is 0.580. The van der Waals surface area contributed by atoms with Crippen LogP contribution in [0.25, 0.3) is 0 Å². The Bertz CT molecular complexity index is 1310. The lowest BCUT2D eigenvalue weighted by atomic mass is 10.2. The van der Waals surface area contributed by atoms with E-state index in [0.29, 0.717) is 22.0 Å². The van der Waals surface area contributed by atoms with E-state index in [1.165, 1.54) is 18.3 Å². The first-order valence-electron chi connectivity index (χ1n) is 8.88. The van der Waals surface area contributed by atoms with E-state index in [1.54, 1.807) is 42.5 Å². The molecule has 2 heterocycles. The largest absolute Gasteiger partial charge is 0.435 e. The Hall–Kier alpha value is -3.14. The number of aromatic nitrogens is 1. The predicted molar refractivity (Wildman–Crippen MR) is 118 cm³/mol. The Morgan fingerprint density at radius 1 is 1.13 bits per heavy atom. The molecule has 158 valence electrons. The number of fused-ring (bicyclic) bond motifs is 1. The third kappa shape index (κ3) is 4.63. The second-order valence-electron chi connectivity index (χ2n) is 6.35. The zero-order chi connectivity index (χ0) is 22.0. The van der Waals surface area contributed by atoms with Gasteiger partial charge in [-0.3, -0.25) is 14.5 Å². The van der Waals surface area contributed by atoms with Crippen LogP contribution in [0.1, 0.15) is 5.56 Å². The highest BCUT2D eigenvalue weighted by molar-refractivity contribution is 7.90. The van der Waals surface area contributed by atoms with Crippen LogP contribution < -0.4 is 14.8 Å². The molecule has 1 amide bonds. The van der Waals surface area contributed by atoms with Crippen molar-refractivity contribution >= 4 is 50.7 Å². The Labute approximate surface area is 187 Å². The van der Waals surface area contributed by atoms with Crippen molar-refractivity contribution in [1.29, 1.82) is 0 Å². The molecule has 2 aromatic carbocycles. The molecule has 1 aliphatic rings. The molecule has 31 heavy (non-hydrogen) atoms. The number of para-hydroxylation sites is 2. The molecular formula is C20H14Cl2N4O4S. The SMILES string of the molecule is O=C(CN=C1NS(=O)(=O)c2ccccc21)Nc1ccccc1Oc1ncc(Cl)cc1Cl. The molecule has 0 saturated heterocycles. The van der Waals surface area contributed by atoms with Crippen molar-refractivity contribution in [3.8, 4) is 11.6 Å². The minimum Gasteiger partial charge on any atom is -0.435 e. The summed E-state index contributed by atoms with van der Waals surface area (Å²) in [5, 5.41) is 3.26. The number of aliphatic imine (C=N–C) groups is 1. The van der Waals surface area contributed by atoms with Crippen molar-refractivity contribution in [2.24, 2.45) is 4.99 Å². The summed E-state index contributed by atoms with van der Waals surface area (Å²) in [7, 11) is -3.67. The zero-order valence-corrected chi connectivity index (χ0v) is 18.0. The molecule has 2 N–H and O–H groups in total. The summed E-state index contributed by atoms with van der Waals surface area (Å²) in [5.74, 6) is 0.0897. The Balaban J connectivity index is 1.50. The van der Waals surface area contributed by atoms with Gasteiger partial charge in [-0.15, -0.1) is 0 Å². The minimum atomic E-state index is -3.67. The molecule has 0 aliphatic carbocycles. The van der Waals surface area contributed by atoms with E-state index in [0.717, 1.165) is 0 Å². The fourth-order valence-corrected chi connectivity index (χ4v) is 4.50. The number of pyridine rings is 1. The topological polar surface area (TPSA) is 110 Å². The first-order valence-corrected chi connectivity index (χ1v) is 11.1. The molecule has 11 heteroatoms. The molecule has 3 aromatic rings. The number of amides is 1. The van der Waals surface area contributed by atoms with E-state index >= 15 is 0 Å². The molecule has 1 aliphatic heterocycles. The smallest absolute Gasteiger partial charge is 0.263 e. The van der Waals surface area contributed by atoms with Crippen molar-refractivity contribution < 1.29 is 17.9 Å². The number of anilines is 1. The Morgan fingerprint density at radius 2 is 1.87 bits per heavy atom. The standard InChI is InChI=1S/C20H14Cl2N4O4S/c21-12-9-14(22)20(24-10-12)30-16-7-3-2-6-15(16)25-18(27)11-23-19-13-5-1-4-8-17(13)31(28,29)26-19/h1-10H,11H2,(H,23,26)(H,25,27). The van der Waals surface area contributed by atoms with Crippen molar-refractivity contribution in [3.05, 3.63) is 76.4 Å². The highest BCUT2D eigenvalue weighted by atomic mass is 35.5. The van der Waals surface area contributed by atoms with Crippen LogP contribution in [-0.2, 0) is 14.8 Å². The van der Waals surface area contributed by atoms with E-state index in [1.807, 2.05) is 0 Å². The Morgan fingerprint density at radius 3 is 2.68 bits per heavy atom. The lowest BCUT2D eigenvalue weighted by Gasteiger charge is -2.12. The molecule has 0 unspecified atom stereocenters. The summed E-state index contributed by atoms with van der Waals surface area (Å²) in [6, 6.07) is 14.6. The van der Waals surface area contributed by atoms with Crippen LogP contribution >= 0.6 is 23.2 Å².